The van der Waals surface area contributed by atoms with Gasteiger partial charge < -0.3 is 20.1 Å². The average molecular weight is 503 g/mol. The van der Waals surface area contributed by atoms with E-state index in [2.05, 4.69) is 21.2 Å². The lowest BCUT2D eigenvalue weighted by atomic mass is 10.1. The number of carbonyl (C=O) groups excluding carboxylic acids is 3. The van der Waals surface area contributed by atoms with E-state index >= 15 is 0 Å². The lowest BCUT2D eigenvalue weighted by molar-refractivity contribution is -0.136. The van der Waals surface area contributed by atoms with Crippen molar-refractivity contribution in [2.75, 3.05) is 23.8 Å². The zero-order valence-corrected chi connectivity index (χ0v) is 21.3. The number of ether oxygens (including phenoxy) is 2. The maximum atomic E-state index is 12.4. The summed E-state index contributed by atoms with van der Waals surface area (Å²) in [7, 11) is 0. The highest BCUT2D eigenvalue weighted by Crippen LogP contribution is 2.28. The van der Waals surface area contributed by atoms with Crippen LogP contribution < -0.4 is 25.5 Å². The molecule has 3 aromatic carbocycles. The number of carbonyl (C=O) groups is 3. The fourth-order valence-corrected chi connectivity index (χ4v) is 3.38. The SMILES string of the molecule is CCOc1cc(/C=N\NC(=O)C(=O)Nc2ccccc2C)ccc1OCC(=O)Nc1ccc(C)cc1C. The molecule has 9 nitrogen and oxygen atoms in total. The van der Waals surface area contributed by atoms with Crippen LogP contribution in [0.15, 0.2) is 65.8 Å². The standard InChI is InChI=1S/C28H30N4O5/c1-5-36-25-15-21(16-29-32-28(35)27(34)31-22-9-7-6-8-19(22)3)11-13-24(25)37-17-26(33)30-23-12-10-18(2)14-20(23)4/h6-16H,5,17H2,1-4H3,(H,30,33)(H,31,34)(H,32,35)/b29-16-. The quantitative estimate of drug-likeness (QED) is 0.231. The minimum absolute atomic E-state index is 0.202. The van der Waals surface area contributed by atoms with E-state index < -0.39 is 11.8 Å². The van der Waals surface area contributed by atoms with Crippen molar-refractivity contribution in [3.05, 3.63) is 82.9 Å². The molecule has 3 amide bonds. The van der Waals surface area contributed by atoms with Crippen LogP contribution >= 0.6 is 0 Å². The number of anilines is 2. The van der Waals surface area contributed by atoms with Gasteiger partial charge in [0.2, 0.25) is 0 Å². The van der Waals surface area contributed by atoms with Crippen LogP contribution in [0, 0.1) is 20.8 Å². The van der Waals surface area contributed by atoms with Gasteiger partial charge in [-0.05, 0) is 74.7 Å². The molecule has 0 unspecified atom stereocenters. The smallest absolute Gasteiger partial charge is 0.329 e. The van der Waals surface area contributed by atoms with E-state index in [1.54, 1.807) is 30.3 Å². The number of benzene rings is 3. The topological polar surface area (TPSA) is 118 Å². The predicted molar refractivity (Wildman–Crippen MR) is 143 cm³/mol. The Hall–Kier alpha value is -4.66. The van der Waals surface area contributed by atoms with Gasteiger partial charge >= 0.3 is 11.8 Å². The van der Waals surface area contributed by atoms with Crippen molar-refractivity contribution in [2.45, 2.75) is 27.7 Å². The van der Waals surface area contributed by atoms with Crippen LogP contribution in [-0.2, 0) is 14.4 Å². The van der Waals surface area contributed by atoms with Crippen molar-refractivity contribution in [1.29, 1.82) is 0 Å². The van der Waals surface area contributed by atoms with Crippen molar-refractivity contribution in [3.63, 3.8) is 0 Å². The van der Waals surface area contributed by atoms with Crippen LogP contribution in [0.2, 0.25) is 0 Å². The second kappa shape index (κ2) is 12.9. The van der Waals surface area contributed by atoms with E-state index in [1.807, 2.05) is 58.0 Å². The van der Waals surface area contributed by atoms with Crippen LogP contribution in [0.5, 0.6) is 11.5 Å². The van der Waals surface area contributed by atoms with E-state index in [0.29, 0.717) is 29.4 Å². The maximum Gasteiger partial charge on any atom is 0.329 e. The molecule has 0 spiro atoms. The molecule has 3 rings (SSSR count). The highest BCUT2D eigenvalue weighted by atomic mass is 16.5. The van der Waals surface area contributed by atoms with Gasteiger partial charge in [-0.25, -0.2) is 5.43 Å². The molecule has 0 atom stereocenters. The molecule has 0 saturated carbocycles. The Morgan fingerprint density at radius 1 is 0.811 bits per heavy atom. The highest BCUT2D eigenvalue weighted by Gasteiger charge is 2.14. The van der Waals surface area contributed by atoms with Crippen LogP contribution in [0.4, 0.5) is 11.4 Å². The number of rotatable bonds is 9. The zero-order valence-electron chi connectivity index (χ0n) is 21.3. The van der Waals surface area contributed by atoms with Crippen LogP contribution in [0.3, 0.4) is 0 Å². The Labute approximate surface area is 215 Å². The Balaban J connectivity index is 1.57. The van der Waals surface area contributed by atoms with Gasteiger partial charge in [0, 0.05) is 11.4 Å². The molecule has 0 aliphatic heterocycles. The second-order valence-electron chi connectivity index (χ2n) is 8.26. The van der Waals surface area contributed by atoms with Crippen molar-refractivity contribution in [2.24, 2.45) is 5.10 Å². The molecule has 0 aliphatic carbocycles. The first-order chi connectivity index (χ1) is 17.8. The summed E-state index contributed by atoms with van der Waals surface area (Å²) in [6, 6.07) is 17.9. The maximum absolute atomic E-state index is 12.4. The predicted octanol–water partition coefficient (Wildman–Crippen LogP) is 4.12. The average Bonchev–Trinajstić information content (AvgIpc) is 2.86. The third kappa shape index (κ3) is 7.93. The molecule has 192 valence electrons. The number of hydrazone groups is 1. The zero-order chi connectivity index (χ0) is 26.8. The molecule has 0 saturated heterocycles. The molecule has 3 N–H and O–H groups in total. The third-order valence-corrected chi connectivity index (χ3v) is 5.26. The van der Waals surface area contributed by atoms with E-state index in [4.69, 9.17) is 9.47 Å². The van der Waals surface area contributed by atoms with E-state index in [-0.39, 0.29) is 12.5 Å². The molecular formula is C28H30N4O5. The molecule has 37 heavy (non-hydrogen) atoms. The Morgan fingerprint density at radius 2 is 1.57 bits per heavy atom. The first-order valence-corrected chi connectivity index (χ1v) is 11.7. The molecule has 0 bridgehead atoms. The van der Waals surface area contributed by atoms with Gasteiger partial charge in [-0.1, -0.05) is 35.9 Å². The molecule has 0 aromatic heterocycles. The third-order valence-electron chi connectivity index (χ3n) is 5.26. The summed E-state index contributed by atoms with van der Waals surface area (Å²) in [6.07, 6.45) is 1.37. The highest BCUT2D eigenvalue weighted by molar-refractivity contribution is 6.39. The lowest BCUT2D eigenvalue weighted by Crippen LogP contribution is -2.32. The summed E-state index contributed by atoms with van der Waals surface area (Å²) in [5.41, 5.74) is 6.98. The van der Waals surface area contributed by atoms with Crippen molar-refractivity contribution >= 4 is 35.3 Å². The number of para-hydroxylation sites is 1. The monoisotopic (exact) mass is 502 g/mol. The summed E-state index contributed by atoms with van der Waals surface area (Å²) in [5.74, 6) is -1.24. The van der Waals surface area contributed by atoms with Crippen LogP contribution in [0.25, 0.3) is 0 Å². The summed E-state index contributed by atoms with van der Waals surface area (Å²) in [6.45, 7) is 7.74. The lowest BCUT2D eigenvalue weighted by Gasteiger charge is -2.13. The van der Waals surface area contributed by atoms with Crippen molar-refractivity contribution in [1.82, 2.24) is 5.43 Å². The first kappa shape index (κ1) is 26.9. The molecule has 0 fully saturated rings. The fourth-order valence-electron chi connectivity index (χ4n) is 3.38. The van der Waals surface area contributed by atoms with Gasteiger partial charge in [-0.3, -0.25) is 14.4 Å². The number of hydrogen-bond donors (Lipinski definition) is 3. The Morgan fingerprint density at radius 3 is 2.30 bits per heavy atom. The summed E-state index contributed by atoms with van der Waals surface area (Å²) in [4.78, 5) is 36.6. The van der Waals surface area contributed by atoms with E-state index in [1.165, 1.54) is 6.21 Å². The van der Waals surface area contributed by atoms with Gasteiger partial charge in [0.25, 0.3) is 5.91 Å². The van der Waals surface area contributed by atoms with Gasteiger partial charge in [-0.2, -0.15) is 5.10 Å². The summed E-state index contributed by atoms with van der Waals surface area (Å²) < 4.78 is 11.3. The van der Waals surface area contributed by atoms with E-state index in [0.717, 1.165) is 22.4 Å². The van der Waals surface area contributed by atoms with Gasteiger partial charge in [0.15, 0.2) is 18.1 Å². The van der Waals surface area contributed by atoms with Gasteiger partial charge in [-0.15, -0.1) is 0 Å². The number of nitrogens with zero attached hydrogens (tertiary/aromatic N) is 1. The molecule has 0 heterocycles. The minimum atomic E-state index is -0.903. The molecule has 3 aromatic rings. The molecular weight excluding hydrogens is 472 g/mol. The van der Waals surface area contributed by atoms with Crippen molar-refractivity contribution in [3.8, 4) is 11.5 Å². The Kier molecular flexibility index (Phi) is 9.37. The molecule has 0 radical (unpaired) electrons. The van der Waals surface area contributed by atoms with E-state index in [9.17, 15) is 14.4 Å². The largest absolute Gasteiger partial charge is 0.490 e. The number of amides is 3. The minimum Gasteiger partial charge on any atom is -0.490 e. The van der Waals surface area contributed by atoms with Gasteiger partial charge in [0.1, 0.15) is 0 Å². The van der Waals surface area contributed by atoms with Crippen LogP contribution in [-0.4, -0.2) is 37.1 Å². The second-order valence-corrected chi connectivity index (χ2v) is 8.26. The van der Waals surface area contributed by atoms with Crippen LogP contribution in [0.1, 0.15) is 29.2 Å². The normalized spacial score (nSPS) is 10.6. The number of nitrogens with one attached hydrogen (secondary N) is 3. The van der Waals surface area contributed by atoms with Crippen molar-refractivity contribution < 1.29 is 23.9 Å². The summed E-state index contributed by atoms with van der Waals surface area (Å²) >= 11 is 0. The Bertz CT molecular complexity index is 1320. The summed E-state index contributed by atoms with van der Waals surface area (Å²) in [5, 5.41) is 9.23. The first-order valence-electron chi connectivity index (χ1n) is 11.7. The number of aryl methyl sites for hydroxylation is 3. The molecule has 9 heteroatoms. The number of hydrogen-bond acceptors (Lipinski definition) is 6. The fraction of sp³-hybridized carbons (Fsp3) is 0.214. The molecule has 0 aliphatic rings. The van der Waals surface area contributed by atoms with Gasteiger partial charge in [0.05, 0.1) is 12.8 Å².